The molecule has 0 saturated carbocycles. The Kier molecular flexibility index (Phi) is 4.66. The number of hydrogen-bond donors (Lipinski definition) is 1. The molecule has 120 valence electrons. The second-order valence-corrected chi connectivity index (χ2v) is 6.25. The largest absolute Gasteiger partial charge is 0.352 e. The highest BCUT2D eigenvalue weighted by molar-refractivity contribution is 7.19. The minimum Gasteiger partial charge on any atom is -0.352 e. The van der Waals surface area contributed by atoms with Gasteiger partial charge in [0.1, 0.15) is 5.01 Å². The smallest absolute Gasteiger partial charge is 0.234 e. The Labute approximate surface area is 138 Å². The standard InChI is InChI=1S/C16H19N5OS/c1-3-5-14(22)17-10-11-6-8-12(9-7-11)15-20-21-13(4-2)18-19-16(21)23-15/h6-9H,3-5,10H2,1-2H3,(H,17,22). The lowest BCUT2D eigenvalue weighted by molar-refractivity contribution is -0.121. The maximum Gasteiger partial charge on any atom is 0.234 e. The van der Waals surface area contributed by atoms with Crippen LogP contribution in [-0.4, -0.2) is 25.7 Å². The van der Waals surface area contributed by atoms with Crippen molar-refractivity contribution in [3.05, 3.63) is 35.7 Å². The molecule has 3 aromatic rings. The molecule has 7 heteroatoms. The van der Waals surface area contributed by atoms with E-state index in [0.717, 1.165) is 39.8 Å². The first-order valence-corrected chi connectivity index (χ1v) is 8.60. The lowest BCUT2D eigenvalue weighted by Crippen LogP contribution is -2.21. The third-order valence-corrected chi connectivity index (χ3v) is 4.49. The first kappa shape index (κ1) is 15.6. The molecule has 0 aliphatic heterocycles. The molecule has 0 spiro atoms. The first-order chi connectivity index (χ1) is 11.2. The van der Waals surface area contributed by atoms with Gasteiger partial charge in [-0.3, -0.25) is 4.79 Å². The monoisotopic (exact) mass is 329 g/mol. The topological polar surface area (TPSA) is 72.2 Å². The fraction of sp³-hybridized carbons (Fsp3) is 0.375. The molecule has 0 bridgehead atoms. The number of carbonyl (C=O) groups is 1. The molecule has 0 aliphatic rings. The summed E-state index contributed by atoms with van der Waals surface area (Å²) >= 11 is 1.53. The summed E-state index contributed by atoms with van der Waals surface area (Å²) in [6, 6.07) is 8.09. The average Bonchev–Trinajstić information content (AvgIpc) is 3.14. The van der Waals surface area contributed by atoms with Gasteiger partial charge in [0, 0.05) is 24.9 Å². The van der Waals surface area contributed by atoms with Crippen LogP contribution in [-0.2, 0) is 17.8 Å². The summed E-state index contributed by atoms with van der Waals surface area (Å²) in [6.45, 7) is 4.60. The van der Waals surface area contributed by atoms with E-state index in [1.807, 2.05) is 38.1 Å². The third-order valence-electron chi connectivity index (χ3n) is 3.54. The van der Waals surface area contributed by atoms with Crippen LogP contribution >= 0.6 is 11.3 Å². The summed E-state index contributed by atoms with van der Waals surface area (Å²) < 4.78 is 1.80. The van der Waals surface area contributed by atoms with Gasteiger partial charge in [0.2, 0.25) is 10.9 Å². The van der Waals surface area contributed by atoms with Gasteiger partial charge in [0.25, 0.3) is 0 Å². The van der Waals surface area contributed by atoms with Crippen LogP contribution in [0.15, 0.2) is 24.3 Å². The number of fused-ring (bicyclic) bond motifs is 1. The van der Waals surface area contributed by atoms with Crippen molar-refractivity contribution in [2.24, 2.45) is 0 Å². The van der Waals surface area contributed by atoms with E-state index < -0.39 is 0 Å². The number of amides is 1. The van der Waals surface area contributed by atoms with E-state index in [4.69, 9.17) is 0 Å². The van der Waals surface area contributed by atoms with Crippen LogP contribution in [0.4, 0.5) is 0 Å². The lowest BCUT2D eigenvalue weighted by atomic mass is 10.1. The van der Waals surface area contributed by atoms with Crippen molar-refractivity contribution in [3.8, 4) is 10.6 Å². The van der Waals surface area contributed by atoms with Crippen molar-refractivity contribution in [2.45, 2.75) is 39.7 Å². The highest BCUT2D eigenvalue weighted by Gasteiger charge is 2.11. The lowest BCUT2D eigenvalue weighted by Gasteiger charge is -2.05. The molecule has 0 saturated heterocycles. The van der Waals surface area contributed by atoms with E-state index in [1.165, 1.54) is 11.3 Å². The van der Waals surface area contributed by atoms with Gasteiger partial charge in [0.15, 0.2) is 5.82 Å². The van der Waals surface area contributed by atoms with Crippen molar-refractivity contribution < 1.29 is 4.79 Å². The van der Waals surface area contributed by atoms with Crippen molar-refractivity contribution in [1.29, 1.82) is 0 Å². The van der Waals surface area contributed by atoms with Gasteiger partial charge in [-0.15, -0.1) is 10.2 Å². The number of carbonyl (C=O) groups excluding carboxylic acids is 1. The predicted molar refractivity (Wildman–Crippen MR) is 90.2 cm³/mol. The van der Waals surface area contributed by atoms with Crippen molar-refractivity contribution in [2.75, 3.05) is 0 Å². The molecule has 1 aromatic carbocycles. The van der Waals surface area contributed by atoms with Crippen LogP contribution < -0.4 is 5.32 Å². The molecule has 1 N–H and O–H groups in total. The molecule has 6 nitrogen and oxygen atoms in total. The van der Waals surface area contributed by atoms with Gasteiger partial charge in [-0.25, -0.2) is 0 Å². The minimum absolute atomic E-state index is 0.0947. The van der Waals surface area contributed by atoms with Gasteiger partial charge in [-0.05, 0) is 12.0 Å². The highest BCUT2D eigenvalue weighted by atomic mass is 32.1. The predicted octanol–water partition coefficient (Wildman–Crippen LogP) is 2.83. The fourth-order valence-corrected chi connectivity index (χ4v) is 3.14. The zero-order valence-corrected chi connectivity index (χ0v) is 14.1. The maximum absolute atomic E-state index is 11.5. The minimum atomic E-state index is 0.0947. The van der Waals surface area contributed by atoms with E-state index >= 15 is 0 Å². The number of rotatable bonds is 6. The third kappa shape index (κ3) is 3.39. The Balaban J connectivity index is 1.73. The molecule has 3 rings (SSSR count). The zero-order chi connectivity index (χ0) is 16.2. The average molecular weight is 329 g/mol. The number of hydrogen-bond acceptors (Lipinski definition) is 5. The van der Waals surface area contributed by atoms with Gasteiger partial charge < -0.3 is 5.32 Å². The summed E-state index contributed by atoms with van der Waals surface area (Å²) in [6.07, 6.45) is 2.25. The zero-order valence-electron chi connectivity index (χ0n) is 13.2. The van der Waals surface area contributed by atoms with Crippen molar-refractivity contribution in [1.82, 2.24) is 25.1 Å². The molecule has 1 amide bonds. The molecular weight excluding hydrogens is 310 g/mol. The van der Waals surface area contributed by atoms with Gasteiger partial charge in [0.05, 0.1) is 0 Å². The second kappa shape index (κ2) is 6.87. The second-order valence-electron chi connectivity index (χ2n) is 5.30. The molecule has 2 aromatic heterocycles. The van der Waals surface area contributed by atoms with Gasteiger partial charge >= 0.3 is 0 Å². The molecule has 2 heterocycles. The Morgan fingerprint density at radius 2 is 2.00 bits per heavy atom. The summed E-state index contributed by atoms with van der Waals surface area (Å²) in [4.78, 5) is 12.3. The Morgan fingerprint density at radius 3 is 2.70 bits per heavy atom. The number of nitrogens with zero attached hydrogens (tertiary/aromatic N) is 4. The van der Waals surface area contributed by atoms with Crippen LogP contribution in [0.1, 0.15) is 38.1 Å². The summed E-state index contributed by atoms with van der Waals surface area (Å²) in [5, 5.41) is 16.7. The number of benzene rings is 1. The summed E-state index contributed by atoms with van der Waals surface area (Å²) in [5.41, 5.74) is 2.13. The van der Waals surface area contributed by atoms with Crippen LogP contribution in [0.3, 0.4) is 0 Å². The Hall–Kier alpha value is -2.28. The van der Waals surface area contributed by atoms with Crippen LogP contribution in [0, 0.1) is 0 Å². The molecule has 23 heavy (non-hydrogen) atoms. The van der Waals surface area contributed by atoms with Crippen molar-refractivity contribution >= 4 is 22.2 Å². The molecular formula is C16H19N5OS. The van der Waals surface area contributed by atoms with Crippen LogP contribution in [0.25, 0.3) is 15.5 Å². The molecule has 0 radical (unpaired) electrons. The quantitative estimate of drug-likeness (QED) is 0.755. The summed E-state index contributed by atoms with van der Waals surface area (Å²) in [7, 11) is 0. The maximum atomic E-state index is 11.5. The highest BCUT2D eigenvalue weighted by Crippen LogP contribution is 2.25. The number of aromatic nitrogens is 4. The first-order valence-electron chi connectivity index (χ1n) is 7.78. The SMILES string of the molecule is CCCC(=O)NCc1ccc(-c2nn3c(CC)nnc3s2)cc1. The van der Waals surface area contributed by atoms with E-state index in [9.17, 15) is 4.79 Å². The number of aryl methyl sites for hydroxylation is 1. The Bertz CT molecular complexity index is 806. The van der Waals surface area contributed by atoms with E-state index in [-0.39, 0.29) is 5.91 Å². The van der Waals surface area contributed by atoms with E-state index in [1.54, 1.807) is 4.52 Å². The molecule has 0 fully saturated rings. The van der Waals surface area contributed by atoms with E-state index in [0.29, 0.717) is 13.0 Å². The van der Waals surface area contributed by atoms with Crippen molar-refractivity contribution in [3.63, 3.8) is 0 Å². The summed E-state index contributed by atoms with van der Waals surface area (Å²) in [5.74, 6) is 0.968. The molecule has 0 unspecified atom stereocenters. The van der Waals surface area contributed by atoms with Crippen LogP contribution in [0.5, 0.6) is 0 Å². The molecule has 0 atom stereocenters. The van der Waals surface area contributed by atoms with Gasteiger partial charge in [-0.1, -0.05) is 49.4 Å². The normalized spacial score (nSPS) is 11.0. The van der Waals surface area contributed by atoms with Crippen LogP contribution in [0.2, 0.25) is 0 Å². The van der Waals surface area contributed by atoms with E-state index in [2.05, 4.69) is 20.6 Å². The van der Waals surface area contributed by atoms with Gasteiger partial charge in [-0.2, -0.15) is 9.61 Å². The number of nitrogens with one attached hydrogen (secondary N) is 1. The Morgan fingerprint density at radius 1 is 1.22 bits per heavy atom. The fourth-order valence-electron chi connectivity index (χ4n) is 2.28. The molecule has 0 aliphatic carbocycles.